The van der Waals surface area contributed by atoms with Crippen LogP contribution >= 0.6 is 11.3 Å². The molecule has 1 atom stereocenters. The molecule has 0 radical (unpaired) electrons. The van der Waals surface area contributed by atoms with Crippen molar-refractivity contribution in [3.8, 4) is 11.1 Å². The maximum Gasteiger partial charge on any atom is 0.181 e. The maximum atomic E-state index is 5.83. The molecule has 136 valence electrons. The van der Waals surface area contributed by atoms with Crippen LogP contribution in [-0.4, -0.2) is 40.6 Å². The number of nitrogen functional groups attached to an aromatic ring is 1. The van der Waals surface area contributed by atoms with Gasteiger partial charge in [0.15, 0.2) is 5.13 Å². The number of fused-ring (bicyclic) bond motifs is 2. The minimum absolute atomic E-state index is 0.458. The number of nitrogens with two attached hydrogens (primary N) is 1. The van der Waals surface area contributed by atoms with E-state index in [2.05, 4.69) is 57.4 Å². The van der Waals surface area contributed by atoms with Gasteiger partial charge in [0.1, 0.15) is 5.82 Å². The molecule has 3 N–H and O–H groups in total. The first-order valence-corrected chi connectivity index (χ1v) is 9.89. The summed E-state index contributed by atoms with van der Waals surface area (Å²) in [6.45, 7) is 5.06. The molecule has 1 fully saturated rings. The van der Waals surface area contributed by atoms with E-state index >= 15 is 0 Å². The Bertz CT molecular complexity index is 1140. The Morgan fingerprint density at radius 1 is 1.07 bits per heavy atom. The van der Waals surface area contributed by atoms with Gasteiger partial charge >= 0.3 is 0 Å². The summed E-state index contributed by atoms with van der Waals surface area (Å²) in [5, 5.41) is 4.06. The third kappa shape index (κ3) is 3.09. The summed E-state index contributed by atoms with van der Waals surface area (Å²) in [5.74, 6) is 0.940. The molecular weight excluding hydrogens is 356 g/mol. The van der Waals surface area contributed by atoms with Crippen LogP contribution in [0.2, 0.25) is 0 Å². The highest BCUT2D eigenvalue weighted by Gasteiger charge is 2.17. The minimum atomic E-state index is 0.458. The quantitative estimate of drug-likeness (QED) is 0.559. The third-order valence-electron chi connectivity index (χ3n) is 4.96. The molecule has 5 rings (SSSR count). The molecule has 6 nitrogen and oxygen atoms in total. The van der Waals surface area contributed by atoms with Gasteiger partial charge in [-0.1, -0.05) is 23.5 Å². The van der Waals surface area contributed by atoms with Gasteiger partial charge in [-0.25, -0.2) is 9.97 Å². The number of rotatable bonds is 2. The van der Waals surface area contributed by atoms with E-state index in [-0.39, 0.29) is 0 Å². The molecule has 7 heteroatoms. The first kappa shape index (κ1) is 16.4. The Hall–Kier alpha value is -2.77. The summed E-state index contributed by atoms with van der Waals surface area (Å²) in [4.78, 5) is 16.2. The summed E-state index contributed by atoms with van der Waals surface area (Å²) in [6, 6.07) is 12.9. The Morgan fingerprint density at radius 2 is 1.89 bits per heavy atom. The molecule has 1 aliphatic rings. The number of thiazole rings is 1. The van der Waals surface area contributed by atoms with E-state index in [1.165, 1.54) is 11.3 Å². The van der Waals surface area contributed by atoms with Crippen molar-refractivity contribution >= 4 is 43.5 Å². The maximum absolute atomic E-state index is 5.83. The predicted octanol–water partition coefficient (Wildman–Crippen LogP) is 3.29. The predicted molar refractivity (Wildman–Crippen MR) is 112 cm³/mol. The van der Waals surface area contributed by atoms with Gasteiger partial charge < -0.3 is 16.0 Å². The average Bonchev–Trinajstić information content (AvgIpc) is 3.06. The second-order valence-electron chi connectivity index (χ2n) is 6.97. The monoisotopic (exact) mass is 376 g/mol. The van der Waals surface area contributed by atoms with E-state index in [1.54, 1.807) is 0 Å². The van der Waals surface area contributed by atoms with Crippen LogP contribution < -0.4 is 16.0 Å². The van der Waals surface area contributed by atoms with Gasteiger partial charge in [-0.05, 0) is 42.3 Å². The van der Waals surface area contributed by atoms with Crippen molar-refractivity contribution in [1.82, 2.24) is 20.3 Å². The number of nitrogens with one attached hydrogen (secondary N) is 1. The van der Waals surface area contributed by atoms with Gasteiger partial charge in [0, 0.05) is 25.7 Å². The Morgan fingerprint density at radius 3 is 2.74 bits per heavy atom. The molecule has 27 heavy (non-hydrogen) atoms. The van der Waals surface area contributed by atoms with Crippen molar-refractivity contribution in [2.75, 3.05) is 30.3 Å². The molecule has 0 bridgehead atoms. The van der Waals surface area contributed by atoms with Gasteiger partial charge in [0.25, 0.3) is 0 Å². The highest BCUT2D eigenvalue weighted by Crippen LogP contribution is 2.30. The minimum Gasteiger partial charge on any atom is -0.375 e. The van der Waals surface area contributed by atoms with E-state index in [9.17, 15) is 0 Å². The standard InChI is InChI=1S/C20H20N6S/c1-12-11-26(7-6-22-12)19-10-23-15-4-2-13(8-16(15)24-19)14-3-5-18-17(9-14)25-20(21)27-18/h2-5,8-10,12,22H,6-7,11H2,1H3,(H2,21,25). The van der Waals surface area contributed by atoms with Crippen LogP contribution in [0.15, 0.2) is 42.6 Å². The van der Waals surface area contributed by atoms with Gasteiger partial charge in [-0.3, -0.25) is 4.98 Å². The second kappa shape index (κ2) is 6.44. The SMILES string of the molecule is CC1CN(c2cnc3ccc(-c4ccc5sc(N)nc5c4)cc3n2)CCN1. The lowest BCUT2D eigenvalue weighted by atomic mass is 10.0. The van der Waals surface area contributed by atoms with E-state index in [0.29, 0.717) is 11.2 Å². The highest BCUT2D eigenvalue weighted by molar-refractivity contribution is 7.22. The average molecular weight is 376 g/mol. The van der Waals surface area contributed by atoms with Crippen LogP contribution in [-0.2, 0) is 0 Å². The zero-order chi connectivity index (χ0) is 18.4. The Kier molecular flexibility index (Phi) is 3.91. The fourth-order valence-corrected chi connectivity index (χ4v) is 4.31. The molecule has 0 spiro atoms. The smallest absolute Gasteiger partial charge is 0.181 e. The van der Waals surface area contributed by atoms with E-state index in [4.69, 9.17) is 10.7 Å². The largest absolute Gasteiger partial charge is 0.375 e. The molecule has 2 aromatic heterocycles. The molecule has 0 aliphatic carbocycles. The number of aromatic nitrogens is 3. The summed E-state index contributed by atoms with van der Waals surface area (Å²) >= 11 is 1.51. The van der Waals surface area contributed by atoms with Crippen LogP contribution in [0.5, 0.6) is 0 Å². The number of benzene rings is 2. The molecule has 4 aromatic rings. The molecule has 2 aromatic carbocycles. The van der Waals surface area contributed by atoms with Crippen LogP contribution in [0, 0.1) is 0 Å². The number of hydrogen-bond acceptors (Lipinski definition) is 7. The van der Waals surface area contributed by atoms with Crippen molar-refractivity contribution in [1.29, 1.82) is 0 Å². The van der Waals surface area contributed by atoms with Gasteiger partial charge in [-0.2, -0.15) is 0 Å². The molecule has 3 heterocycles. The van der Waals surface area contributed by atoms with Crippen LogP contribution in [0.4, 0.5) is 10.9 Å². The first-order chi connectivity index (χ1) is 13.2. The summed E-state index contributed by atoms with van der Waals surface area (Å²) in [5.41, 5.74) is 10.8. The fraction of sp³-hybridized carbons (Fsp3) is 0.250. The second-order valence-corrected chi connectivity index (χ2v) is 8.03. The molecule has 1 saturated heterocycles. The normalized spacial score (nSPS) is 17.7. The van der Waals surface area contributed by atoms with E-state index in [0.717, 1.165) is 57.8 Å². The van der Waals surface area contributed by atoms with Gasteiger partial charge in [0.2, 0.25) is 0 Å². The van der Waals surface area contributed by atoms with Crippen molar-refractivity contribution in [2.45, 2.75) is 13.0 Å². The zero-order valence-corrected chi connectivity index (χ0v) is 15.8. The van der Waals surface area contributed by atoms with Crippen molar-refractivity contribution < 1.29 is 0 Å². The lowest BCUT2D eigenvalue weighted by molar-refractivity contribution is 0.482. The van der Waals surface area contributed by atoms with Crippen LogP contribution in [0.1, 0.15) is 6.92 Å². The fourth-order valence-electron chi connectivity index (χ4n) is 3.60. The first-order valence-electron chi connectivity index (χ1n) is 9.07. The van der Waals surface area contributed by atoms with E-state index in [1.807, 2.05) is 12.3 Å². The van der Waals surface area contributed by atoms with Crippen molar-refractivity contribution in [2.24, 2.45) is 0 Å². The lowest BCUT2D eigenvalue weighted by Crippen LogP contribution is -2.49. The summed E-state index contributed by atoms with van der Waals surface area (Å²) in [7, 11) is 0. The zero-order valence-electron chi connectivity index (χ0n) is 15.0. The summed E-state index contributed by atoms with van der Waals surface area (Å²) < 4.78 is 1.10. The Labute approximate surface area is 161 Å². The molecule has 0 amide bonds. The number of piperazine rings is 1. The number of hydrogen-bond donors (Lipinski definition) is 2. The highest BCUT2D eigenvalue weighted by atomic mass is 32.1. The van der Waals surface area contributed by atoms with Crippen molar-refractivity contribution in [3.63, 3.8) is 0 Å². The Balaban J connectivity index is 1.54. The number of anilines is 2. The molecule has 1 unspecified atom stereocenters. The number of nitrogens with zero attached hydrogens (tertiary/aromatic N) is 4. The topological polar surface area (TPSA) is 80.0 Å². The third-order valence-corrected chi connectivity index (χ3v) is 5.83. The van der Waals surface area contributed by atoms with Gasteiger partial charge in [-0.15, -0.1) is 0 Å². The molecule has 1 aliphatic heterocycles. The van der Waals surface area contributed by atoms with Crippen LogP contribution in [0.25, 0.3) is 32.4 Å². The molecular formula is C20H20N6S. The van der Waals surface area contributed by atoms with E-state index < -0.39 is 0 Å². The van der Waals surface area contributed by atoms with Gasteiger partial charge in [0.05, 0.1) is 27.4 Å². The lowest BCUT2D eigenvalue weighted by Gasteiger charge is -2.32. The van der Waals surface area contributed by atoms with Crippen LogP contribution in [0.3, 0.4) is 0 Å². The summed E-state index contributed by atoms with van der Waals surface area (Å²) in [6.07, 6.45) is 1.88. The molecule has 0 saturated carbocycles. The van der Waals surface area contributed by atoms with Crippen molar-refractivity contribution in [3.05, 3.63) is 42.6 Å².